The van der Waals surface area contributed by atoms with Crippen LogP contribution in [0.5, 0.6) is 0 Å². The van der Waals surface area contributed by atoms with Gasteiger partial charge in [-0.3, -0.25) is 9.36 Å². The molecule has 4 N–H and O–H groups in total. The molecular formula is C19H24Cl2N6OS. The van der Waals surface area contributed by atoms with Crippen molar-refractivity contribution < 1.29 is 0 Å². The van der Waals surface area contributed by atoms with Crippen molar-refractivity contribution in [3.63, 3.8) is 0 Å². The minimum Gasteiger partial charge on any atom is -0.384 e. The standard InChI is InChI=1S/C19H24Cl2N6OS/c1-26-17(28)14(29-11-10-12(22)24-15(21)13(11)20)16(23)25-18(26)27-8-6-19(7-9-27)4-2-3-5-19/h10H,2-9,23H2,1H3,(H2,22,24). The first kappa shape index (κ1) is 20.6. The number of anilines is 3. The smallest absolute Gasteiger partial charge is 0.270 e. The highest BCUT2D eigenvalue weighted by Crippen LogP contribution is 2.46. The quantitative estimate of drug-likeness (QED) is 0.676. The summed E-state index contributed by atoms with van der Waals surface area (Å²) in [7, 11) is 1.73. The van der Waals surface area contributed by atoms with E-state index in [1.54, 1.807) is 17.7 Å². The van der Waals surface area contributed by atoms with Gasteiger partial charge in [-0.25, -0.2) is 4.98 Å². The van der Waals surface area contributed by atoms with Crippen molar-refractivity contribution in [3.8, 4) is 0 Å². The maximum Gasteiger partial charge on any atom is 0.270 e. The number of nitrogen functional groups attached to an aromatic ring is 2. The zero-order valence-corrected chi connectivity index (χ0v) is 18.6. The molecule has 0 atom stereocenters. The van der Waals surface area contributed by atoms with E-state index in [0.717, 1.165) is 37.7 Å². The van der Waals surface area contributed by atoms with Gasteiger partial charge in [-0.15, -0.1) is 0 Å². The van der Waals surface area contributed by atoms with Gasteiger partial charge in [0.2, 0.25) is 5.95 Å². The molecule has 2 aliphatic rings. The third-order valence-corrected chi connectivity index (χ3v) is 8.13. The Morgan fingerprint density at radius 1 is 1.10 bits per heavy atom. The molecule has 1 saturated heterocycles. The van der Waals surface area contributed by atoms with Crippen molar-refractivity contribution in [3.05, 3.63) is 26.6 Å². The van der Waals surface area contributed by atoms with Crippen LogP contribution in [0, 0.1) is 5.41 Å². The number of piperidine rings is 1. The number of halogens is 2. The second-order valence-electron chi connectivity index (χ2n) is 7.94. The Morgan fingerprint density at radius 2 is 1.76 bits per heavy atom. The third kappa shape index (κ3) is 3.90. The number of hydrogen-bond donors (Lipinski definition) is 2. The fourth-order valence-corrected chi connectivity index (χ4v) is 5.88. The minimum atomic E-state index is -0.221. The van der Waals surface area contributed by atoms with E-state index in [9.17, 15) is 4.79 Å². The number of hydrogen-bond acceptors (Lipinski definition) is 7. The van der Waals surface area contributed by atoms with Crippen molar-refractivity contribution >= 4 is 52.5 Å². The lowest BCUT2D eigenvalue weighted by atomic mass is 9.77. The van der Waals surface area contributed by atoms with Crippen LogP contribution in [0.3, 0.4) is 0 Å². The summed E-state index contributed by atoms with van der Waals surface area (Å²) in [6.45, 7) is 1.79. The average molecular weight is 455 g/mol. The van der Waals surface area contributed by atoms with Crippen molar-refractivity contribution in [1.29, 1.82) is 0 Å². The summed E-state index contributed by atoms with van der Waals surface area (Å²) in [5, 5.41) is 0.317. The Hall–Kier alpha value is -1.64. The van der Waals surface area contributed by atoms with Crippen molar-refractivity contribution in [2.24, 2.45) is 12.5 Å². The highest BCUT2D eigenvalue weighted by molar-refractivity contribution is 7.99. The lowest BCUT2D eigenvalue weighted by molar-refractivity contribution is 0.225. The first-order valence-corrected chi connectivity index (χ1v) is 11.3. The molecule has 0 unspecified atom stereocenters. The molecular weight excluding hydrogens is 431 g/mol. The summed E-state index contributed by atoms with van der Waals surface area (Å²) in [6.07, 6.45) is 7.60. The molecule has 4 rings (SSSR count). The summed E-state index contributed by atoms with van der Waals surface area (Å²) < 4.78 is 1.56. The molecule has 0 radical (unpaired) electrons. The van der Waals surface area contributed by atoms with E-state index in [1.165, 1.54) is 25.7 Å². The van der Waals surface area contributed by atoms with Gasteiger partial charge in [0.1, 0.15) is 16.5 Å². The van der Waals surface area contributed by atoms with Crippen molar-refractivity contribution in [2.45, 2.75) is 48.3 Å². The molecule has 3 heterocycles. The summed E-state index contributed by atoms with van der Waals surface area (Å²) in [6, 6.07) is 1.57. The number of nitrogens with zero attached hydrogens (tertiary/aromatic N) is 4. The van der Waals surface area contributed by atoms with Crippen molar-refractivity contribution in [1.82, 2.24) is 14.5 Å². The summed E-state index contributed by atoms with van der Waals surface area (Å²) in [5.41, 5.74) is 12.2. The second kappa shape index (κ2) is 7.89. The lowest BCUT2D eigenvalue weighted by Crippen LogP contribution is -2.42. The molecule has 7 nitrogen and oxygen atoms in total. The Kier molecular flexibility index (Phi) is 5.61. The van der Waals surface area contributed by atoms with Gasteiger partial charge in [-0.2, -0.15) is 4.98 Å². The Bertz CT molecular complexity index is 995. The molecule has 1 aliphatic heterocycles. The Morgan fingerprint density at radius 3 is 2.41 bits per heavy atom. The fourth-order valence-electron chi connectivity index (χ4n) is 4.45. The number of aromatic nitrogens is 3. The lowest BCUT2D eigenvalue weighted by Gasteiger charge is -2.40. The maximum atomic E-state index is 13.1. The van der Waals surface area contributed by atoms with Crippen LogP contribution in [-0.4, -0.2) is 27.6 Å². The molecule has 2 aromatic rings. The molecule has 1 saturated carbocycles. The maximum absolute atomic E-state index is 13.1. The summed E-state index contributed by atoms with van der Waals surface area (Å²) in [4.78, 5) is 24.5. The molecule has 0 amide bonds. The SMILES string of the molecule is Cn1c(N2CCC3(CCCC3)CC2)nc(N)c(Sc2cc(N)nc(Cl)c2Cl)c1=O. The fraction of sp³-hybridized carbons (Fsp3) is 0.526. The van der Waals surface area contributed by atoms with Gasteiger partial charge >= 0.3 is 0 Å². The minimum absolute atomic E-state index is 0.0864. The molecule has 1 aliphatic carbocycles. The largest absolute Gasteiger partial charge is 0.384 e. The van der Waals surface area contributed by atoms with Gasteiger partial charge in [0.25, 0.3) is 5.56 Å². The molecule has 2 fully saturated rings. The van der Waals surface area contributed by atoms with E-state index < -0.39 is 0 Å². The van der Waals surface area contributed by atoms with E-state index in [-0.39, 0.29) is 27.4 Å². The first-order valence-electron chi connectivity index (χ1n) is 9.70. The van der Waals surface area contributed by atoms with Crippen LogP contribution in [0.1, 0.15) is 38.5 Å². The molecule has 29 heavy (non-hydrogen) atoms. The zero-order chi connectivity index (χ0) is 20.8. The van der Waals surface area contributed by atoms with Gasteiger partial charge in [0.15, 0.2) is 5.15 Å². The highest BCUT2D eigenvalue weighted by Gasteiger charge is 2.37. The molecule has 1 spiro atoms. The third-order valence-electron chi connectivity index (χ3n) is 6.14. The molecule has 10 heteroatoms. The van der Waals surface area contributed by atoms with E-state index in [1.807, 2.05) is 0 Å². The summed E-state index contributed by atoms with van der Waals surface area (Å²) >= 11 is 13.3. The van der Waals surface area contributed by atoms with E-state index in [2.05, 4.69) is 14.9 Å². The van der Waals surface area contributed by atoms with E-state index >= 15 is 0 Å². The van der Waals surface area contributed by atoms with Gasteiger partial charge in [-0.1, -0.05) is 47.8 Å². The van der Waals surface area contributed by atoms with Crippen LogP contribution in [0.15, 0.2) is 20.7 Å². The predicted octanol–water partition coefficient (Wildman–Crippen LogP) is 3.96. The molecule has 2 aromatic heterocycles. The van der Waals surface area contributed by atoms with Gasteiger partial charge in [0, 0.05) is 25.0 Å². The number of pyridine rings is 1. The first-order chi connectivity index (χ1) is 13.8. The monoisotopic (exact) mass is 454 g/mol. The molecule has 0 bridgehead atoms. The topological polar surface area (TPSA) is 103 Å². The Labute approximate surface area is 183 Å². The normalized spacial score (nSPS) is 18.5. The van der Waals surface area contributed by atoms with Crippen LogP contribution >= 0.6 is 35.0 Å². The van der Waals surface area contributed by atoms with Crippen LogP contribution in [0.25, 0.3) is 0 Å². The van der Waals surface area contributed by atoms with E-state index in [0.29, 0.717) is 21.2 Å². The molecule has 156 valence electrons. The van der Waals surface area contributed by atoms with Crippen LogP contribution in [0.2, 0.25) is 10.2 Å². The predicted molar refractivity (Wildman–Crippen MR) is 119 cm³/mol. The zero-order valence-electron chi connectivity index (χ0n) is 16.3. The second-order valence-corrected chi connectivity index (χ2v) is 9.72. The Balaban J connectivity index is 1.61. The van der Waals surface area contributed by atoms with E-state index in [4.69, 9.17) is 34.7 Å². The highest BCUT2D eigenvalue weighted by atomic mass is 35.5. The average Bonchev–Trinajstić information content (AvgIpc) is 3.14. The summed E-state index contributed by atoms with van der Waals surface area (Å²) in [5.74, 6) is 1.01. The van der Waals surface area contributed by atoms with Gasteiger partial charge < -0.3 is 16.4 Å². The molecule has 0 aromatic carbocycles. The van der Waals surface area contributed by atoms with Crippen LogP contribution < -0.4 is 21.9 Å². The van der Waals surface area contributed by atoms with Crippen molar-refractivity contribution in [2.75, 3.05) is 29.5 Å². The van der Waals surface area contributed by atoms with Gasteiger partial charge in [0.05, 0.1) is 5.02 Å². The van der Waals surface area contributed by atoms with Crippen LogP contribution in [0.4, 0.5) is 17.6 Å². The number of nitrogens with two attached hydrogens (primary N) is 2. The number of rotatable bonds is 3. The van der Waals surface area contributed by atoms with Crippen LogP contribution in [-0.2, 0) is 7.05 Å². The van der Waals surface area contributed by atoms with Gasteiger partial charge in [-0.05, 0) is 37.2 Å².